The van der Waals surface area contributed by atoms with Gasteiger partial charge in [0.15, 0.2) is 5.82 Å². The van der Waals surface area contributed by atoms with E-state index in [2.05, 4.69) is 15.4 Å². The molecule has 90 valence electrons. The van der Waals surface area contributed by atoms with Crippen LogP contribution in [-0.4, -0.2) is 28.3 Å². The van der Waals surface area contributed by atoms with Gasteiger partial charge < -0.3 is 15.3 Å². The molecular formula is C10H18N4O2. The van der Waals surface area contributed by atoms with E-state index >= 15 is 0 Å². The van der Waals surface area contributed by atoms with E-state index in [9.17, 15) is 0 Å². The zero-order chi connectivity index (χ0) is 12.0. The average Bonchev–Trinajstić information content (AvgIpc) is 2.28. The van der Waals surface area contributed by atoms with Crippen LogP contribution in [0.25, 0.3) is 0 Å². The summed E-state index contributed by atoms with van der Waals surface area (Å²) in [4.78, 5) is 8.10. The summed E-state index contributed by atoms with van der Waals surface area (Å²) in [6, 6.07) is 0. The van der Waals surface area contributed by atoms with Gasteiger partial charge in [-0.05, 0) is 5.92 Å². The molecule has 0 saturated heterocycles. The Labute approximate surface area is 94.8 Å². The van der Waals surface area contributed by atoms with Crippen LogP contribution in [0.1, 0.15) is 31.7 Å². The molecule has 0 fully saturated rings. The van der Waals surface area contributed by atoms with E-state index in [4.69, 9.17) is 15.7 Å². The standard InChI is InChI=1S/C10H18N4O2/c1-7(2)8-9(14-11)12-6-13-10(8)16-5-3-4-15/h6-7,15H,3-5,11H2,1-2H3,(H,12,13,14). The maximum absolute atomic E-state index is 8.68. The van der Waals surface area contributed by atoms with Gasteiger partial charge in [0.1, 0.15) is 6.33 Å². The number of nitrogens with zero attached hydrogens (tertiary/aromatic N) is 2. The van der Waals surface area contributed by atoms with Gasteiger partial charge in [-0.15, -0.1) is 0 Å². The normalized spacial score (nSPS) is 10.6. The van der Waals surface area contributed by atoms with Gasteiger partial charge in [0.05, 0.1) is 12.2 Å². The van der Waals surface area contributed by atoms with Crippen molar-refractivity contribution in [2.45, 2.75) is 26.2 Å². The third-order valence-corrected chi connectivity index (χ3v) is 2.10. The van der Waals surface area contributed by atoms with Gasteiger partial charge in [-0.2, -0.15) is 0 Å². The fourth-order valence-electron chi connectivity index (χ4n) is 1.36. The van der Waals surface area contributed by atoms with Gasteiger partial charge in [-0.1, -0.05) is 13.8 Å². The number of nitrogen functional groups attached to an aromatic ring is 1. The molecule has 0 amide bonds. The Morgan fingerprint density at radius 2 is 2.25 bits per heavy atom. The quantitative estimate of drug-likeness (QED) is 0.374. The zero-order valence-corrected chi connectivity index (χ0v) is 9.60. The molecule has 0 bridgehead atoms. The summed E-state index contributed by atoms with van der Waals surface area (Å²) in [5.41, 5.74) is 3.38. The number of hydrogen-bond acceptors (Lipinski definition) is 6. The van der Waals surface area contributed by atoms with Crippen molar-refractivity contribution >= 4 is 5.82 Å². The largest absolute Gasteiger partial charge is 0.477 e. The Balaban J connectivity index is 2.89. The number of hydrazine groups is 1. The first kappa shape index (κ1) is 12.7. The number of aromatic nitrogens is 2. The molecule has 0 aliphatic rings. The van der Waals surface area contributed by atoms with Crippen LogP contribution in [0, 0.1) is 0 Å². The first-order valence-corrected chi connectivity index (χ1v) is 5.25. The van der Waals surface area contributed by atoms with Crippen molar-refractivity contribution in [3.8, 4) is 5.88 Å². The van der Waals surface area contributed by atoms with E-state index in [0.29, 0.717) is 24.7 Å². The summed E-state index contributed by atoms with van der Waals surface area (Å²) in [6.07, 6.45) is 1.97. The molecule has 0 spiro atoms. The number of aliphatic hydroxyl groups excluding tert-OH is 1. The molecule has 6 nitrogen and oxygen atoms in total. The molecule has 0 aromatic carbocycles. The number of ether oxygens (including phenoxy) is 1. The molecule has 1 aromatic rings. The zero-order valence-electron chi connectivity index (χ0n) is 9.60. The molecule has 0 saturated carbocycles. The lowest BCUT2D eigenvalue weighted by atomic mass is 10.1. The summed E-state index contributed by atoms with van der Waals surface area (Å²) in [5.74, 6) is 6.67. The minimum Gasteiger partial charge on any atom is -0.477 e. The first-order chi connectivity index (χ1) is 7.70. The van der Waals surface area contributed by atoms with E-state index in [1.54, 1.807) is 0 Å². The number of anilines is 1. The maximum Gasteiger partial charge on any atom is 0.222 e. The van der Waals surface area contributed by atoms with Gasteiger partial charge in [-0.25, -0.2) is 15.8 Å². The molecule has 4 N–H and O–H groups in total. The molecule has 6 heteroatoms. The van der Waals surface area contributed by atoms with Crippen LogP contribution in [0.3, 0.4) is 0 Å². The lowest BCUT2D eigenvalue weighted by Crippen LogP contribution is -2.14. The second-order valence-corrected chi connectivity index (χ2v) is 3.67. The van der Waals surface area contributed by atoms with Crippen LogP contribution in [0.2, 0.25) is 0 Å². The molecular weight excluding hydrogens is 208 g/mol. The van der Waals surface area contributed by atoms with E-state index in [1.165, 1.54) is 6.33 Å². The highest BCUT2D eigenvalue weighted by Gasteiger charge is 2.15. The number of hydrogen-bond donors (Lipinski definition) is 3. The van der Waals surface area contributed by atoms with Crippen LogP contribution in [-0.2, 0) is 0 Å². The minimum atomic E-state index is 0.101. The van der Waals surface area contributed by atoms with Crippen molar-refractivity contribution in [1.29, 1.82) is 0 Å². The minimum absolute atomic E-state index is 0.101. The Morgan fingerprint density at radius 1 is 1.50 bits per heavy atom. The van der Waals surface area contributed by atoms with E-state index in [0.717, 1.165) is 5.56 Å². The van der Waals surface area contributed by atoms with Crippen molar-refractivity contribution in [3.05, 3.63) is 11.9 Å². The van der Waals surface area contributed by atoms with Gasteiger partial charge >= 0.3 is 0 Å². The molecule has 0 aliphatic heterocycles. The first-order valence-electron chi connectivity index (χ1n) is 5.25. The molecule has 1 rings (SSSR count). The van der Waals surface area contributed by atoms with Crippen LogP contribution in [0.4, 0.5) is 5.82 Å². The Hall–Kier alpha value is -1.40. The molecule has 0 atom stereocenters. The van der Waals surface area contributed by atoms with Crippen LogP contribution in [0.15, 0.2) is 6.33 Å². The van der Waals surface area contributed by atoms with Crippen LogP contribution >= 0.6 is 0 Å². The van der Waals surface area contributed by atoms with Gasteiger partial charge in [0, 0.05) is 13.0 Å². The molecule has 1 heterocycles. The molecule has 0 unspecified atom stereocenters. The summed E-state index contributed by atoms with van der Waals surface area (Å²) in [5, 5.41) is 8.68. The van der Waals surface area contributed by atoms with Gasteiger partial charge in [0.2, 0.25) is 5.88 Å². The number of nitrogens with two attached hydrogens (primary N) is 1. The lowest BCUT2D eigenvalue weighted by molar-refractivity contribution is 0.227. The molecule has 0 aliphatic carbocycles. The summed E-state index contributed by atoms with van der Waals surface area (Å²) < 4.78 is 5.47. The Kier molecular flexibility index (Phi) is 4.94. The molecule has 1 aromatic heterocycles. The maximum atomic E-state index is 8.68. The van der Waals surface area contributed by atoms with Crippen molar-refractivity contribution in [2.24, 2.45) is 5.84 Å². The van der Waals surface area contributed by atoms with E-state index in [-0.39, 0.29) is 12.5 Å². The van der Waals surface area contributed by atoms with Crippen LogP contribution < -0.4 is 16.0 Å². The van der Waals surface area contributed by atoms with Crippen LogP contribution in [0.5, 0.6) is 5.88 Å². The SMILES string of the molecule is CC(C)c1c(NN)ncnc1OCCCO. The number of rotatable bonds is 6. The van der Waals surface area contributed by atoms with Gasteiger partial charge in [-0.3, -0.25) is 0 Å². The predicted molar refractivity (Wildman–Crippen MR) is 61.1 cm³/mol. The smallest absolute Gasteiger partial charge is 0.222 e. The second-order valence-electron chi connectivity index (χ2n) is 3.67. The monoisotopic (exact) mass is 226 g/mol. The highest BCUT2D eigenvalue weighted by atomic mass is 16.5. The van der Waals surface area contributed by atoms with Crippen molar-refractivity contribution in [2.75, 3.05) is 18.6 Å². The number of aliphatic hydroxyl groups is 1. The third kappa shape index (κ3) is 3.04. The summed E-state index contributed by atoms with van der Waals surface area (Å²) in [6.45, 7) is 4.55. The average molecular weight is 226 g/mol. The van der Waals surface area contributed by atoms with Crippen molar-refractivity contribution < 1.29 is 9.84 Å². The summed E-state index contributed by atoms with van der Waals surface area (Å²) in [7, 11) is 0. The topological polar surface area (TPSA) is 93.3 Å². The summed E-state index contributed by atoms with van der Waals surface area (Å²) >= 11 is 0. The molecule has 0 radical (unpaired) electrons. The number of nitrogens with one attached hydrogen (secondary N) is 1. The highest BCUT2D eigenvalue weighted by molar-refractivity contribution is 5.49. The van der Waals surface area contributed by atoms with Gasteiger partial charge in [0.25, 0.3) is 0 Å². The third-order valence-electron chi connectivity index (χ3n) is 2.10. The fraction of sp³-hybridized carbons (Fsp3) is 0.600. The molecule has 16 heavy (non-hydrogen) atoms. The van der Waals surface area contributed by atoms with Crippen molar-refractivity contribution in [3.63, 3.8) is 0 Å². The highest BCUT2D eigenvalue weighted by Crippen LogP contribution is 2.29. The Morgan fingerprint density at radius 3 is 2.81 bits per heavy atom. The van der Waals surface area contributed by atoms with E-state index < -0.39 is 0 Å². The second kappa shape index (κ2) is 6.24. The lowest BCUT2D eigenvalue weighted by Gasteiger charge is -2.15. The predicted octanol–water partition coefficient (Wildman–Crippen LogP) is 0.647. The Bertz CT molecular complexity index is 331. The fourth-order valence-corrected chi connectivity index (χ4v) is 1.36. The van der Waals surface area contributed by atoms with Crippen molar-refractivity contribution in [1.82, 2.24) is 9.97 Å². The van der Waals surface area contributed by atoms with E-state index in [1.807, 2.05) is 13.8 Å².